The largest absolute Gasteiger partial charge is 0.493 e. The number of methoxy groups -OCH3 is 1. The Kier molecular flexibility index (Phi) is 14.2. The second-order valence-corrected chi connectivity index (χ2v) is 10.3. The number of pyridine rings is 1. The Bertz CT molecular complexity index is 1160. The summed E-state index contributed by atoms with van der Waals surface area (Å²) in [7, 11) is 1.41. The summed E-state index contributed by atoms with van der Waals surface area (Å²) in [4.78, 5) is 42.6. The molecule has 0 aliphatic carbocycles. The van der Waals surface area contributed by atoms with E-state index in [1.807, 2.05) is 25.1 Å². The van der Waals surface area contributed by atoms with Gasteiger partial charge < -0.3 is 33.7 Å². The van der Waals surface area contributed by atoms with Crippen molar-refractivity contribution in [3.8, 4) is 11.5 Å². The van der Waals surface area contributed by atoms with Crippen molar-refractivity contribution in [1.29, 1.82) is 0 Å². The Hall–Kier alpha value is -3.70. The van der Waals surface area contributed by atoms with Crippen LogP contribution < -0.4 is 14.8 Å². The predicted molar refractivity (Wildman–Crippen MR) is 158 cm³/mol. The zero-order chi connectivity index (χ0) is 31.0. The van der Waals surface area contributed by atoms with Gasteiger partial charge in [-0.1, -0.05) is 50.1 Å². The molecule has 3 rings (SSSR count). The lowest BCUT2D eigenvalue weighted by atomic mass is 9.87. The van der Waals surface area contributed by atoms with Crippen LogP contribution >= 0.6 is 0 Å². The van der Waals surface area contributed by atoms with Gasteiger partial charge in [0.25, 0.3) is 5.91 Å². The van der Waals surface area contributed by atoms with E-state index in [0.29, 0.717) is 6.61 Å². The smallest absolute Gasteiger partial charge is 0.334 e. The van der Waals surface area contributed by atoms with E-state index in [1.54, 1.807) is 6.92 Å². The van der Waals surface area contributed by atoms with Crippen LogP contribution in [0.2, 0.25) is 0 Å². The third-order valence-electron chi connectivity index (χ3n) is 7.31. The van der Waals surface area contributed by atoms with Crippen LogP contribution in [0.5, 0.6) is 11.5 Å². The number of carbonyl (C=O) groups excluding carboxylic acids is 3. The molecule has 0 spiro atoms. The first-order chi connectivity index (χ1) is 20.9. The number of rotatable bonds is 15. The summed E-state index contributed by atoms with van der Waals surface area (Å²) in [5.41, 5.74) is 1.09. The maximum atomic E-state index is 13.4. The minimum Gasteiger partial charge on any atom is -0.493 e. The van der Waals surface area contributed by atoms with E-state index in [-0.39, 0.29) is 48.8 Å². The molecule has 11 heteroatoms. The van der Waals surface area contributed by atoms with Crippen LogP contribution in [-0.2, 0) is 35.0 Å². The average Bonchev–Trinajstić information content (AvgIpc) is 3.06. The molecule has 1 aliphatic heterocycles. The van der Waals surface area contributed by atoms with Gasteiger partial charge in [-0.25, -0.2) is 14.6 Å². The highest BCUT2D eigenvalue weighted by Crippen LogP contribution is 2.30. The summed E-state index contributed by atoms with van der Waals surface area (Å²) in [6.45, 7) is 5.68. The highest BCUT2D eigenvalue weighted by Gasteiger charge is 2.35. The molecule has 11 nitrogen and oxygen atoms in total. The molecule has 1 saturated heterocycles. The SMILES string of the molecule is CCCC[C@H]1[C@H](C)OC(=O)[C@@H](NC(=O)c2nccc(OC)c2OCOC(=O)COCC)CCO[C@@H]1CCc1ccccc1. The van der Waals surface area contributed by atoms with Crippen molar-refractivity contribution in [3.63, 3.8) is 0 Å². The third kappa shape index (κ3) is 10.5. The van der Waals surface area contributed by atoms with Crippen LogP contribution in [0.3, 0.4) is 0 Å². The van der Waals surface area contributed by atoms with E-state index in [0.717, 1.165) is 32.1 Å². The number of cyclic esters (lactones) is 1. The first kappa shape index (κ1) is 33.8. The van der Waals surface area contributed by atoms with Crippen LogP contribution in [0.1, 0.15) is 68.9 Å². The minimum atomic E-state index is -0.973. The number of ether oxygens (including phenoxy) is 6. The number of aromatic nitrogens is 1. The lowest BCUT2D eigenvalue weighted by molar-refractivity contribution is -0.156. The van der Waals surface area contributed by atoms with Crippen LogP contribution in [0.4, 0.5) is 0 Å². The molecule has 43 heavy (non-hydrogen) atoms. The van der Waals surface area contributed by atoms with Crippen LogP contribution in [0, 0.1) is 5.92 Å². The number of esters is 2. The molecule has 4 atom stereocenters. The molecule has 0 unspecified atom stereocenters. The summed E-state index contributed by atoms with van der Waals surface area (Å²) >= 11 is 0. The number of hydrogen-bond donors (Lipinski definition) is 1. The molecule has 1 N–H and O–H groups in total. The van der Waals surface area contributed by atoms with Crippen LogP contribution in [0.15, 0.2) is 42.6 Å². The van der Waals surface area contributed by atoms with Crippen molar-refractivity contribution in [2.24, 2.45) is 5.92 Å². The Morgan fingerprint density at radius 3 is 2.63 bits per heavy atom. The lowest BCUT2D eigenvalue weighted by Crippen LogP contribution is -2.44. The first-order valence-corrected chi connectivity index (χ1v) is 14.9. The molecule has 236 valence electrons. The highest BCUT2D eigenvalue weighted by molar-refractivity contribution is 5.98. The Labute approximate surface area is 253 Å². The van der Waals surface area contributed by atoms with Crippen LogP contribution in [-0.4, -0.2) is 74.8 Å². The molecule has 0 saturated carbocycles. The van der Waals surface area contributed by atoms with Gasteiger partial charge in [0.05, 0.1) is 13.2 Å². The number of amides is 1. The van der Waals surface area contributed by atoms with E-state index in [9.17, 15) is 14.4 Å². The number of nitrogens with one attached hydrogen (secondary N) is 1. The molecular weight excluding hydrogens is 556 g/mol. The van der Waals surface area contributed by atoms with E-state index in [2.05, 4.69) is 29.4 Å². The molecular formula is C32H44N2O9. The number of nitrogens with zero attached hydrogens (tertiary/aromatic N) is 1. The zero-order valence-electron chi connectivity index (χ0n) is 25.5. The summed E-state index contributed by atoms with van der Waals surface area (Å²) in [5.74, 6) is -1.65. The van der Waals surface area contributed by atoms with Gasteiger partial charge in [0, 0.05) is 37.8 Å². The van der Waals surface area contributed by atoms with Gasteiger partial charge in [-0.3, -0.25) is 4.79 Å². The molecule has 2 heterocycles. The standard InChI is InChI=1S/C32H44N2O9/c1-5-7-13-24-22(3)43-32(37)25(17-19-40-26(24)15-14-23-11-9-8-10-12-23)34-31(36)29-30(27(38-4)16-18-33-29)42-21-41-28(35)20-39-6-2/h8-12,16,18,22,24-26H,5-7,13-15,17,19-21H2,1-4H3,(H,34,36)/t22-,24-,25-,26+/m0/s1. The number of aryl methyl sites for hydroxylation is 1. The predicted octanol–water partition coefficient (Wildman–Crippen LogP) is 4.26. The second-order valence-electron chi connectivity index (χ2n) is 10.3. The Morgan fingerprint density at radius 2 is 1.91 bits per heavy atom. The average molecular weight is 601 g/mol. The molecule has 0 bridgehead atoms. The summed E-state index contributed by atoms with van der Waals surface area (Å²) in [6.07, 6.45) is 5.60. The summed E-state index contributed by atoms with van der Waals surface area (Å²) < 4.78 is 33.2. The lowest BCUT2D eigenvalue weighted by Gasteiger charge is -2.31. The number of hydrogen-bond acceptors (Lipinski definition) is 10. The molecule has 2 aromatic rings. The summed E-state index contributed by atoms with van der Waals surface area (Å²) in [6, 6.07) is 10.8. The highest BCUT2D eigenvalue weighted by atomic mass is 16.7. The van der Waals surface area contributed by atoms with Crippen molar-refractivity contribution in [2.75, 3.05) is 33.7 Å². The normalized spacial score (nSPS) is 20.6. The monoisotopic (exact) mass is 600 g/mol. The van der Waals surface area contributed by atoms with Gasteiger partial charge in [0.1, 0.15) is 18.8 Å². The Balaban J connectivity index is 1.71. The van der Waals surface area contributed by atoms with Crippen molar-refractivity contribution >= 4 is 17.8 Å². The molecule has 1 fully saturated rings. The number of carbonyl (C=O) groups is 3. The van der Waals surface area contributed by atoms with Gasteiger partial charge in [-0.2, -0.15) is 0 Å². The molecule has 1 amide bonds. The maximum absolute atomic E-state index is 13.4. The third-order valence-corrected chi connectivity index (χ3v) is 7.31. The van der Waals surface area contributed by atoms with Gasteiger partial charge in [-0.05, 0) is 38.7 Å². The van der Waals surface area contributed by atoms with Crippen LogP contribution in [0.25, 0.3) is 0 Å². The van der Waals surface area contributed by atoms with Gasteiger partial charge in [-0.15, -0.1) is 0 Å². The first-order valence-electron chi connectivity index (χ1n) is 14.9. The van der Waals surface area contributed by atoms with Gasteiger partial charge in [0.15, 0.2) is 17.2 Å². The second kappa shape index (κ2) is 18.1. The number of unbranched alkanes of at least 4 members (excludes halogenated alkanes) is 1. The molecule has 1 aliphatic rings. The quantitative estimate of drug-likeness (QED) is 0.234. The molecule has 1 aromatic heterocycles. The number of benzene rings is 1. The van der Waals surface area contributed by atoms with Gasteiger partial charge >= 0.3 is 11.9 Å². The van der Waals surface area contributed by atoms with Crippen molar-refractivity contribution in [3.05, 3.63) is 53.9 Å². The summed E-state index contributed by atoms with van der Waals surface area (Å²) in [5, 5.41) is 2.73. The van der Waals surface area contributed by atoms with Crippen molar-refractivity contribution in [2.45, 2.75) is 77.5 Å². The fourth-order valence-electron chi connectivity index (χ4n) is 4.98. The minimum absolute atomic E-state index is 0.0209. The van der Waals surface area contributed by atoms with E-state index in [4.69, 9.17) is 28.4 Å². The zero-order valence-corrected chi connectivity index (χ0v) is 25.5. The van der Waals surface area contributed by atoms with Gasteiger partial charge in [0.2, 0.25) is 6.79 Å². The molecule has 1 aromatic carbocycles. The van der Waals surface area contributed by atoms with E-state index >= 15 is 0 Å². The van der Waals surface area contributed by atoms with Crippen molar-refractivity contribution in [1.82, 2.24) is 10.3 Å². The van der Waals surface area contributed by atoms with Crippen molar-refractivity contribution < 1.29 is 42.8 Å². The maximum Gasteiger partial charge on any atom is 0.334 e. The fourth-order valence-corrected chi connectivity index (χ4v) is 4.98. The topological polar surface area (TPSA) is 132 Å². The van der Waals surface area contributed by atoms with E-state index in [1.165, 1.54) is 24.9 Å². The fraction of sp³-hybridized carbons (Fsp3) is 0.562. The Morgan fingerprint density at radius 1 is 1.12 bits per heavy atom. The molecule has 0 radical (unpaired) electrons. The van der Waals surface area contributed by atoms with E-state index < -0.39 is 36.8 Å².